The number of esters is 1. The molecule has 3 rings (SSSR count). The molecule has 0 aromatic heterocycles. The molecule has 1 N–H and O–H groups in total. The number of aliphatic imine (C=N–C) groups is 1. The van der Waals surface area contributed by atoms with Crippen molar-refractivity contribution < 1.29 is 24.2 Å². The van der Waals surface area contributed by atoms with Crippen molar-refractivity contribution in [3.05, 3.63) is 77.4 Å². The summed E-state index contributed by atoms with van der Waals surface area (Å²) < 4.78 is 12.0. The fraction of sp³-hybridized carbons (Fsp3) is 0.208. The molecule has 1 aliphatic rings. The van der Waals surface area contributed by atoms with E-state index in [9.17, 15) is 14.7 Å². The third-order valence-corrected chi connectivity index (χ3v) is 6.81. The van der Waals surface area contributed by atoms with Gasteiger partial charge in [-0.25, -0.2) is 9.79 Å². The Hall–Kier alpha value is -2.01. The number of amides is 1. The van der Waals surface area contributed by atoms with Crippen LogP contribution in [0.3, 0.4) is 0 Å². The predicted molar refractivity (Wildman–Crippen MR) is 145 cm³/mol. The zero-order chi connectivity index (χ0) is 24.8. The van der Waals surface area contributed by atoms with Gasteiger partial charge in [0.1, 0.15) is 23.0 Å². The smallest absolute Gasteiger partial charge is 0.344 e. The number of ether oxygens (including phenoxy) is 2. The van der Waals surface area contributed by atoms with Crippen LogP contribution in [0.5, 0.6) is 5.75 Å². The van der Waals surface area contributed by atoms with E-state index in [1.165, 1.54) is 0 Å². The summed E-state index contributed by atoms with van der Waals surface area (Å²) in [6, 6.07) is 11.1. The highest BCUT2D eigenvalue weighted by Crippen LogP contribution is 2.41. The summed E-state index contributed by atoms with van der Waals surface area (Å²) in [5.74, 6) is -1.16. The van der Waals surface area contributed by atoms with E-state index in [0.29, 0.717) is 22.8 Å². The topological polar surface area (TPSA) is 85.2 Å². The lowest BCUT2D eigenvalue weighted by molar-refractivity contribution is -0.138. The van der Waals surface area contributed by atoms with Crippen LogP contribution in [0.1, 0.15) is 31.4 Å². The summed E-state index contributed by atoms with van der Waals surface area (Å²) in [4.78, 5) is 28.5. The number of thioether (sulfide) groups is 1. The van der Waals surface area contributed by atoms with Crippen LogP contribution in [0, 0.1) is 3.57 Å². The molecule has 10 heteroatoms. The maximum absolute atomic E-state index is 12.4. The monoisotopic (exact) mass is 631 g/mol. The van der Waals surface area contributed by atoms with Crippen LogP contribution in [0.4, 0.5) is 0 Å². The number of halogens is 3. The van der Waals surface area contributed by atoms with Gasteiger partial charge in [-0.15, -0.1) is 0 Å². The summed E-state index contributed by atoms with van der Waals surface area (Å²) in [5.41, 5.74) is 1.39. The minimum absolute atomic E-state index is 0.0868. The third-order valence-electron chi connectivity index (χ3n) is 4.51. The molecule has 0 fully saturated rings. The van der Waals surface area contributed by atoms with Gasteiger partial charge in [0.2, 0.25) is 5.91 Å². The summed E-state index contributed by atoms with van der Waals surface area (Å²) in [5, 5.41) is 11.4. The molecule has 1 heterocycles. The van der Waals surface area contributed by atoms with Crippen molar-refractivity contribution in [3.8, 4) is 5.75 Å². The Morgan fingerprint density at radius 3 is 2.38 bits per heavy atom. The van der Waals surface area contributed by atoms with Crippen molar-refractivity contribution in [3.63, 3.8) is 0 Å². The molecule has 0 saturated heterocycles. The molecule has 2 aromatic carbocycles. The second kappa shape index (κ2) is 12.1. The Morgan fingerprint density at radius 2 is 1.79 bits per heavy atom. The second-order valence-electron chi connectivity index (χ2n) is 6.95. The number of aliphatic hydroxyl groups is 1. The summed E-state index contributed by atoms with van der Waals surface area (Å²) in [6.45, 7) is 3.71. The zero-order valence-electron chi connectivity index (χ0n) is 18.2. The Kier molecular flexibility index (Phi) is 9.47. The summed E-state index contributed by atoms with van der Waals surface area (Å²) in [6.07, 6.45) is 1.76. The van der Waals surface area contributed by atoms with Gasteiger partial charge >= 0.3 is 5.97 Å². The van der Waals surface area contributed by atoms with E-state index < -0.39 is 11.9 Å². The van der Waals surface area contributed by atoms with E-state index in [1.54, 1.807) is 32.1 Å². The Bertz CT molecular complexity index is 1190. The van der Waals surface area contributed by atoms with E-state index >= 15 is 0 Å². The van der Waals surface area contributed by atoms with Gasteiger partial charge in [0.05, 0.1) is 21.6 Å². The largest absolute Gasteiger partial charge is 0.506 e. The maximum atomic E-state index is 12.4. The zero-order valence-corrected chi connectivity index (χ0v) is 22.7. The standard InChI is InChI=1S/C24H20Cl2INO5S/c1-3-19(29)28-23-20(24(31)32-4-2)21(30)18(34-23)11-14-9-16(25)22(17(26)10-14)33-12-13-5-7-15(27)8-6-13/h5-11,30H,3-4,12H2,1-2H3/b18-11-,28-23?. The molecule has 0 aliphatic carbocycles. The minimum atomic E-state index is -0.756. The van der Waals surface area contributed by atoms with Crippen molar-refractivity contribution in [2.75, 3.05) is 6.61 Å². The normalized spacial score (nSPS) is 15.8. The first-order chi connectivity index (χ1) is 16.2. The van der Waals surface area contributed by atoms with E-state index in [0.717, 1.165) is 20.9 Å². The van der Waals surface area contributed by atoms with Gasteiger partial charge in [-0.2, -0.15) is 0 Å². The average molecular weight is 632 g/mol. The molecule has 0 unspecified atom stereocenters. The molecule has 0 saturated carbocycles. The molecule has 0 bridgehead atoms. The van der Waals surface area contributed by atoms with Crippen LogP contribution in [-0.2, 0) is 20.9 Å². The molecule has 34 heavy (non-hydrogen) atoms. The van der Waals surface area contributed by atoms with Gasteiger partial charge in [-0.1, -0.05) is 54.0 Å². The van der Waals surface area contributed by atoms with Crippen LogP contribution in [0.15, 0.2) is 57.6 Å². The van der Waals surface area contributed by atoms with E-state index in [4.69, 9.17) is 32.7 Å². The summed E-state index contributed by atoms with van der Waals surface area (Å²) >= 11 is 16.1. The molecular weight excluding hydrogens is 612 g/mol. The number of hydrogen-bond acceptors (Lipinski definition) is 6. The molecule has 0 atom stereocenters. The lowest BCUT2D eigenvalue weighted by Gasteiger charge is -2.11. The van der Waals surface area contributed by atoms with Crippen molar-refractivity contribution in [2.24, 2.45) is 4.99 Å². The number of benzene rings is 2. The fourth-order valence-electron chi connectivity index (χ4n) is 2.87. The molecule has 1 amide bonds. The minimum Gasteiger partial charge on any atom is -0.506 e. The van der Waals surface area contributed by atoms with Crippen molar-refractivity contribution in [1.29, 1.82) is 0 Å². The highest BCUT2D eigenvalue weighted by Gasteiger charge is 2.33. The van der Waals surface area contributed by atoms with E-state index in [1.807, 2.05) is 24.3 Å². The number of carbonyl (C=O) groups excluding carboxylic acids is 2. The van der Waals surface area contributed by atoms with E-state index in [-0.39, 0.29) is 39.4 Å². The van der Waals surface area contributed by atoms with Crippen LogP contribution in [0.25, 0.3) is 6.08 Å². The second-order valence-corrected chi connectivity index (χ2v) is 10.0. The van der Waals surface area contributed by atoms with Crippen LogP contribution < -0.4 is 4.74 Å². The van der Waals surface area contributed by atoms with Gasteiger partial charge in [0.25, 0.3) is 0 Å². The van der Waals surface area contributed by atoms with Crippen molar-refractivity contribution >= 4 is 80.6 Å². The molecule has 178 valence electrons. The number of aliphatic hydroxyl groups excluding tert-OH is 1. The van der Waals surface area contributed by atoms with Crippen molar-refractivity contribution in [2.45, 2.75) is 26.9 Å². The van der Waals surface area contributed by atoms with Crippen LogP contribution >= 0.6 is 57.6 Å². The quantitative estimate of drug-likeness (QED) is 0.262. The highest BCUT2D eigenvalue weighted by molar-refractivity contribution is 14.1. The number of carbonyl (C=O) groups is 2. The average Bonchev–Trinajstić information content (AvgIpc) is 3.08. The lowest BCUT2D eigenvalue weighted by Crippen LogP contribution is -2.14. The van der Waals surface area contributed by atoms with Crippen molar-refractivity contribution in [1.82, 2.24) is 0 Å². The van der Waals surface area contributed by atoms with Crippen LogP contribution in [-0.4, -0.2) is 28.6 Å². The Balaban J connectivity index is 1.89. The van der Waals surface area contributed by atoms with E-state index in [2.05, 4.69) is 27.6 Å². The number of rotatable bonds is 7. The first kappa shape index (κ1) is 26.6. The lowest BCUT2D eigenvalue weighted by atomic mass is 10.1. The number of hydrogen-bond donors (Lipinski definition) is 1. The van der Waals surface area contributed by atoms with Gasteiger partial charge < -0.3 is 14.6 Å². The molecular formula is C24H20Cl2INO5S. The first-order valence-electron chi connectivity index (χ1n) is 10.2. The van der Waals surface area contributed by atoms with Gasteiger partial charge in [-0.3, -0.25) is 4.79 Å². The Morgan fingerprint density at radius 1 is 1.15 bits per heavy atom. The van der Waals surface area contributed by atoms with Gasteiger partial charge in [0, 0.05) is 9.99 Å². The Labute approximate surface area is 225 Å². The van der Waals surface area contributed by atoms with Crippen LogP contribution in [0.2, 0.25) is 10.0 Å². The van der Waals surface area contributed by atoms with Gasteiger partial charge in [0.15, 0.2) is 5.75 Å². The molecule has 0 radical (unpaired) electrons. The fourth-order valence-corrected chi connectivity index (χ4v) is 4.88. The highest BCUT2D eigenvalue weighted by atomic mass is 127. The predicted octanol–water partition coefficient (Wildman–Crippen LogP) is 6.98. The number of nitrogens with zero attached hydrogens (tertiary/aromatic N) is 1. The first-order valence-corrected chi connectivity index (χ1v) is 12.9. The third kappa shape index (κ3) is 6.56. The van der Waals surface area contributed by atoms with Gasteiger partial charge in [-0.05, 0) is 71.0 Å². The molecule has 1 aliphatic heterocycles. The molecule has 0 spiro atoms. The summed E-state index contributed by atoms with van der Waals surface area (Å²) in [7, 11) is 0. The molecule has 6 nitrogen and oxygen atoms in total. The molecule has 2 aromatic rings. The SMILES string of the molecule is CCOC(=O)C1=C(O)/C(=C/c2cc(Cl)c(OCc3ccc(I)cc3)c(Cl)c2)SC1=NC(=O)CC. The maximum Gasteiger partial charge on any atom is 0.344 e.